The maximum atomic E-state index is 12.8. The Bertz CT molecular complexity index is 363. The largest absolute Gasteiger partial charge is 0.317 e. The van der Waals surface area contributed by atoms with Crippen LogP contribution in [0.1, 0.15) is 19.8 Å². The van der Waals surface area contributed by atoms with Gasteiger partial charge in [0, 0.05) is 23.2 Å². The third kappa shape index (κ3) is 4.79. The van der Waals surface area contributed by atoms with Crippen molar-refractivity contribution in [3.63, 3.8) is 0 Å². The number of hydrogen-bond acceptors (Lipinski definition) is 3. The Morgan fingerprint density at radius 3 is 2.58 bits per heavy atom. The molecular weight excluding hydrogens is 259 g/mol. The second kappa shape index (κ2) is 7.88. The standard InChI is InChI=1S/C15H23FN2S/c1-2-18(14-7-9-17-10-8-14)11-12-19-15-5-3-13(16)4-6-15/h3-6,14,17H,2,7-12H2,1H3. The summed E-state index contributed by atoms with van der Waals surface area (Å²) < 4.78 is 12.8. The highest BCUT2D eigenvalue weighted by molar-refractivity contribution is 7.99. The lowest BCUT2D eigenvalue weighted by atomic mass is 10.1. The molecule has 1 N–H and O–H groups in total. The number of nitrogens with one attached hydrogen (secondary N) is 1. The molecule has 106 valence electrons. The lowest BCUT2D eigenvalue weighted by molar-refractivity contribution is 0.180. The minimum absolute atomic E-state index is 0.158. The quantitative estimate of drug-likeness (QED) is 0.808. The van der Waals surface area contributed by atoms with Crippen molar-refractivity contribution >= 4 is 11.8 Å². The van der Waals surface area contributed by atoms with E-state index in [0.29, 0.717) is 0 Å². The van der Waals surface area contributed by atoms with Crippen molar-refractivity contribution in [1.82, 2.24) is 10.2 Å². The number of halogens is 1. The molecule has 19 heavy (non-hydrogen) atoms. The Morgan fingerprint density at radius 1 is 1.26 bits per heavy atom. The van der Waals surface area contributed by atoms with Gasteiger partial charge in [0.2, 0.25) is 0 Å². The monoisotopic (exact) mass is 282 g/mol. The van der Waals surface area contributed by atoms with Crippen LogP contribution in [0, 0.1) is 5.82 Å². The first-order valence-corrected chi connectivity index (χ1v) is 8.11. The second-order valence-electron chi connectivity index (χ2n) is 4.91. The van der Waals surface area contributed by atoms with Crippen molar-refractivity contribution in [2.75, 3.05) is 31.9 Å². The van der Waals surface area contributed by atoms with Gasteiger partial charge in [0.1, 0.15) is 5.82 Å². The third-order valence-electron chi connectivity index (χ3n) is 3.69. The maximum absolute atomic E-state index is 12.8. The van der Waals surface area contributed by atoms with E-state index in [9.17, 15) is 4.39 Å². The van der Waals surface area contributed by atoms with Crippen molar-refractivity contribution in [2.45, 2.75) is 30.7 Å². The second-order valence-corrected chi connectivity index (χ2v) is 6.08. The van der Waals surface area contributed by atoms with Crippen LogP contribution >= 0.6 is 11.8 Å². The predicted octanol–water partition coefficient (Wildman–Crippen LogP) is 2.99. The van der Waals surface area contributed by atoms with Crippen molar-refractivity contribution in [3.05, 3.63) is 30.1 Å². The van der Waals surface area contributed by atoms with Crippen LogP contribution in [-0.4, -0.2) is 42.9 Å². The highest BCUT2D eigenvalue weighted by Crippen LogP contribution is 2.19. The molecule has 1 fully saturated rings. The highest BCUT2D eigenvalue weighted by atomic mass is 32.2. The third-order valence-corrected chi connectivity index (χ3v) is 4.68. The molecule has 1 aliphatic rings. The average molecular weight is 282 g/mol. The predicted molar refractivity (Wildman–Crippen MR) is 80.3 cm³/mol. The molecule has 0 amide bonds. The smallest absolute Gasteiger partial charge is 0.123 e. The van der Waals surface area contributed by atoms with Gasteiger partial charge in [0.25, 0.3) is 0 Å². The van der Waals surface area contributed by atoms with Gasteiger partial charge in [-0.15, -0.1) is 11.8 Å². The summed E-state index contributed by atoms with van der Waals surface area (Å²) in [6.07, 6.45) is 2.52. The Morgan fingerprint density at radius 2 is 1.95 bits per heavy atom. The maximum Gasteiger partial charge on any atom is 0.123 e. The van der Waals surface area contributed by atoms with Crippen LogP contribution in [0.4, 0.5) is 4.39 Å². The van der Waals surface area contributed by atoms with E-state index >= 15 is 0 Å². The minimum atomic E-state index is -0.158. The normalized spacial score (nSPS) is 17.0. The topological polar surface area (TPSA) is 15.3 Å². The van der Waals surface area contributed by atoms with Gasteiger partial charge in [-0.1, -0.05) is 6.92 Å². The number of rotatable bonds is 6. The van der Waals surface area contributed by atoms with Crippen LogP contribution in [0.15, 0.2) is 29.2 Å². The lowest BCUT2D eigenvalue weighted by Crippen LogP contribution is -2.43. The van der Waals surface area contributed by atoms with E-state index < -0.39 is 0 Å². The molecule has 1 saturated heterocycles. The summed E-state index contributed by atoms with van der Waals surface area (Å²) in [5.41, 5.74) is 0. The minimum Gasteiger partial charge on any atom is -0.317 e. The van der Waals surface area contributed by atoms with Crippen LogP contribution in [0.3, 0.4) is 0 Å². The average Bonchev–Trinajstić information content (AvgIpc) is 2.46. The molecule has 1 aromatic carbocycles. The van der Waals surface area contributed by atoms with E-state index in [1.807, 2.05) is 23.9 Å². The zero-order valence-electron chi connectivity index (χ0n) is 11.6. The first kappa shape index (κ1) is 14.8. The molecule has 0 saturated carbocycles. The lowest BCUT2D eigenvalue weighted by Gasteiger charge is -2.33. The summed E-state index contributed by atoms with van der Waals surface area (Å²) in [5.74, 6) is 0.915. The summed E-state index contributed by atoms with van der Waals surface area (Å²) in [5, 5.41) is 3.41. The van der Waals surface area contributed by atoms with Crippen LogP contribution in [-0.2, 0) is 0 Å². The fraction of sp³-hybridized carbons (Fsp3) is 0.600. The van der Waals surface area contributed by atoms with E-state index in [-0.39, 0.29) is 5.82 Å². The molecule has 0 atom stereocenters. The molecule has 0 aliphatic carbocycles. The molecule has 0 bridgehead atoms. The molecule has 2 rings (SSSR count). The summed E-state index contributed by atoms with van der Waals surface area (Å²) in [4.78, 5) is 3.74. The first-order valence-electron chi connectivity index (χ1n) is 7.12. The van der Waals surface area contributed by atoms with Crippen LogP contribution in [0.25, 0.3) is 0 Å². The summed E-state index contributed by atoms with van der Waals surface area (Å²) in [6, 6.07) is 7.53. The molecule has 4 heteroatoms. The van der Waals surface area contributed by atoms with Crippen molar-refractivity contribution in [2.24, 2.45) is 0 Å². The SMILES string of the molecule is CCN(CCSc1ccc(F)cc1)C1CCNCC1. The number of benzene rings is 1. The number of nitrogens with zero attached hydrogens (tertiary/aromatic N) is 1. The molecule has 0 aromatic heterocycles. The summed E-state index contributed by atoms with van der Waals surface area (Å²) >= 11 is 1.81. The molecule has 0 radical (unpaired) electrons. The van der Waals surface area contributed by atoms with E-state index in [1.54, 1.807) is 0 Å². The van der Waals surface area contributed by atoms with Gasteiger partial charge in [-0.25, -0.2) is 4.39 Å². The van der Waals surface area contributed by atoms with Gasteiger partial charge in [0.05, 0.1) is 0 Å². The summed E-state index contributed by atoms with van der Waals surface area (Å²) in [6.45, 7) is 6.76. The molecule has 1 aliphatic heterocycles. The fourth-order valence-electron chi connectivity index (χ4n) is 2.58. The highest BCUT2D eigenvalue weighted by Gasteiger charge is 2.18. The Hall–Kier alpha value is -0.580. The van der Waals surface area contributed by atoms with Crippen molar-refractivity contribution in [1.29, 1.82) is 0 Å². The molecular formula is C15H23FN2S. The van der Waals surface area contributed by atoms with Gasteiger partial charge in [-0.2, -0.15) is 0 Å². The van der Waals surface area contributed by atoms with Gasteiger partial charge in [-0.3, -0.25) is 4.90 Å². The zero-order valence-corrected chi connectivity index (χ0v) is 12.4. The summed E-state index contributed by atoms with van der Waals surface area (Å²) in [7, 11) is 0. The number of thioether (sulfide) groups is 1. The Balaban J connectivity index is 1.74. The van der Waals surface area contributed by atoms with Crippen LogP contribution in [0.5, 0.6) is 0 Å². The van der Waals surface area contributed by atoms with E-state index in [4.69, 9.17) is 0 Å². The zero-order chi connectivity index (χ0) is 13.5. The van der Waals surface area contributed by atoms with E-state index in [0.717, 1.165) is 42.9 Å². The van der Waals surface area contributed by atoms with Gasteiger partial charge >= 0.3 is 0 Å². The number of hydrogen-bond donors (Lipinski definition) is 1. The van der Waals surface area contributed by atoms with Gasteiger partial charge < -0.3 is 5.32 Å². The number of piperidine rings is 1. The van der Waals surface area contributed by atoms with Crippen LogP contribution in [0.2, 0.25) is 0 Å². The van der Waals surface area contributed by atoms with Crippen molar-refractivity contribution < 1.29 is 4.39 Å². The molecule has 0 unspecified atom stereocenters. The fourth-order valence-corrected chi connectivity index (χ4v) is 3.47. The first-order chi connectivity index (χ1) is 9.29. The van der Waals surface area contributed by atoms with Gasteiger partial charge in [-0.05, 0) is 56.7 Å². The van der Waals surface area contributed by atoms with Crippen molar-refractivity contribution in [3.8, 4) is 0 Å². The van der Waals surface area contributed by atoms with E-state index in [1.165, 1.54) is 25.0 Å². The van der Waals surface area contributed by atoms with E-state index in [2.05, 4.69) is 17.1 Å². The molecule has 2 nitrogen and oxygen atoms in total. The Kier molecular flexibility index (Phi) is 6.14. The molecule has 1 aromatic rings. The molecule has 1 heterocycles. The van der Waals surface area contributed by atoms with Gasteiger partial charge in [0.15, 0.2) is 0 Å². The molecule has 0 spiro atoms. The van der Waals surface area contributed by atoms with Crippen LogP contribution < -0.4 is 5.32 Å². The Labute approximate surface area is 119 Å².